The lowest BCUT2D eigenvalue weighted by Crippen LogP contribution is -2.24. The SMILES string of the molecule is C/C=C/S(=NC(=O)c1ccccc1)NC(=O)c1ccccc1. The molecule has 0 bridgehead atoms. The molecule has 0 aliphatic heterocycles. The van der Waals surface area contributed by atoms with Gasteiger partial charge in [0.05, 0.1) is 0 Å². The minimum Gasteiger partial charge on any atom is -0.284 e. The third-order valence-corrected chi connectivity index (χ3v) is 3.99. The molecule has 112 valence electrons. The van der Waals surface area contributed by atoms with E-state index in [1.807, 2.05) is 19.1 Å². The van der Waals surface area contributed by atoms with Crippen molar-refractivity contribution in [3.05, 3.63) is 83.3 Å². The van der Waals surface area contributed by atoms with Gasteiger partial charge in [0.15, 0.2) is 0 Å². The van der Waals surface area contributed by atoms with Crippen molar-refractivity contribution in [2.45, 2.75) is 6.92 Å². The molecule has 0 radical (unpaired) electrons. The number of nitrogens with one attached hydrogen (secondary N) is 1. The average molecular weight is 312 g/mol. The zero-order valence-corrected chi connectivity index (χ0v) is 12.9. The summed E-state index contributed by atoms with van der Waals surface area (Å²) in [6.45, 7) is 1.82. The third-order valence-electron chi connectivity index (χ3n) is 2.70. The van der Waals surface area contributed by atoms with E-state index in [0.29, 0.717) is 11.1 Å². The quantitative estimate of drug-likeness (QED) is 0.939. The minimum atomic E-state index is -0.990. The number of nitrogens with zero attached hydrogens (tertiary/aromatic N) is 1. The van der Waals surface area contributed by atoms with Crippen LogP contribution in [0.5, 0.6) is 0 Å². The summed E-state index contributed by atoms with van der Waals surface area (Å²) in [6, 6.07) is 17.6. The van der Waals surface area contributed by atoms with Crippen molar-refractivity contribution in [1.29, 1.82) is 0 Å². The molecule has 0 aliphatic carbocycles. The number of carbonyl (C=O) groups is 2. The largest absolute Gasteiger partial charge is 0.284 e. The molecule has 0 saturated carbocycles. The highest BCUT2D eigenvalue weighted by molar-refractivity contribution is 7.89. The predicted molar refractivity (Wildman–Crippen MR) is 89.3 cm³/mol. The molecule has 1 unspecified atom stereocenters. The van der Waals surface area contributed by atoms with Crippen LogP contribution in [0, 0.1) is 0 Å². The number of benzene rings is 2. The molecule has 2 rings (SSSR count). The van der Waals surface area contributed by atoms with Crippen LogP contribution < -0.4 is 4.72 Å². The Kier molecular flexibility index (Phi) is 5.80. The Morgan fingerprint density at radius 3 is 2.05 bits per heavy atom. The van der Waals surface area contributed by atoms with Crippen molar-refractivity contribution in [2.24, 2.45) is 4.36 Å². The first kappa shape index (κ1) is 15.9. The van der Waals surface area contributed by atoms with Gasteiger partial charge in [0.25, 0.3) is 11.8 Å². The molecular formula is C17H16N2O2S. The summed E-state index contributed by atoms with van der Waals surface area (Å²) < 4.78 is 6.82. The fraction of sp³-hybridized carbons (Fsp3) is 0.0588. The first-order chi connectivity index (χ1) is 10.7. The van der Waals surface area contributed by atoms with E-state index in [4.69, 9.17) is 0 Å². The lowest BCUT2D eigenvalue weighted by atomic mass is 10.2. The summed E-state index contributed by atoms with van der Waals surface area (Å²) in [5.74, 6) is -0.609. The van der Waals surface area contributed by atoms with Crippen LogP contribution in [0.3, 0.4) is 0 Å². The Morgan fingerprint density at radius 1 is 0.955 bits per heavy atom. The van der Waals surface area contributed by atoms with Gasteiger partial charge in [0.1, 0.15) is 0 Å². The van der Waals surface area contributed by atoms with Crippen LogP contribution in [-0.4, -0.2) is 11.8 Å². The van der Waals surface area contributed by atoms with Gasteiger partial charge in [-0.25, -0.2) is 0 Å². The van der Waals surface area contributed by atoms with E-state index in [2.05, 4.69) is 9.08 Å². The van der Waals surface area contributed by atoms with Gasteiger partial charge in [-0.2, -0.15) is 4.36 Å². The van der Waals surface area contributed by atoms with E-state index in [1.165, 1.54) is 0 Å². The molecule has 0 aromatic heterocycles. The van der Waals surface area contributed by atoms with Gasteiger partial charge in [-0.1, -0.05) is 42.5 Å². The number of carbonyl (C=O) groups excluding carboxylic acids is 2. The zero-order valence-electron chi connectivity index (χ0n) is 12.1. The number of allylic oxidation sites excluding steroid dienone is 1. The molecule has 0 heterocycles. The highest BCUT2D eigenvalue weighted by Gasteiger charge is 2.08. The van der Waals surface area contributed by atoms with Gasteiger partial charge in [-0.05, 0) is 36.6 Å². The van der Waals surface area contributed by atoms with Crippen LogP contribution in [0.2, 0.25) is 0 Å². The van der Waals surface area contributed by atoms with Crippen molar-refractivity contribution >= 4 is 22.7 Å². The average Bonchev–Trinajstić information content (AvgIpc) is 2.56. The van der Waals surface area contributed by atoms with Crippen molar-refractivity contribution in [3.63, 3.8) is 0 Å². The fourth-order valence-electron chi connectivity index (χ4n) is 1.68. The molecule has 0 aliphatic rings. The van der Waals surface area contributed by atoms with Crippen LogP contribution in [-0.2, 0) is 10.9 Å². The Bertz CT molecular complexity index is 710. The second-order valence-corrected chi connectivity index (χ2v) is 5.63. The summed E-state index contributed by atoms with van der Waals surface area (Å²) in [5.41, 5.74) is 1.03. The van der Waals surface area contributed by atoms with Gasteiger partial charge in [-0.3, -0.25) is 14.3 Å². The molecule has 2 aromatic rings. The first-order valence-corrected chi connectivity index (χ1v) is 7.98. The smallest absolute Gasteiger partial charge is 0.284 e. The minimum absolute atomic E-state index is 0.258. The summed E-state index contributed by atoms with van der Waals surface area (Å²) in [7, 11) is -0.990. The Labute approximate surface area is 132 Å². The first-order valence-electron chi connectivity index (χ1n) is 6.74. The number of hydrogen-bond acceptors (Lipinski definition) is 2. The molecule has 2 amide bonds. The van der Waals surface area contributed by atoms with Crippen molar-refractivity contribution in [3.8, 4) is 0 Å². The highest BCUT2D eigenvalue weighted by Crippen LogP contribution is 2.04. The standard InChI is InChI=1S/C17H16N2O2S/c1-2-13-22(18-16(20)14-9-5-3-6-10-14)19-17(21)15-11-7-4-8-12-15/h2-13H,1H3,(H,18,19,20,21)/b13-2+. The lowest BCUT2D eigenvalue weighted by molar-refractivity contribution is 0.0984. The topological polar surface area (TPSA) is 58.5 Å². The second kappa shape index (κ2) is 8.05. The summed E-state index contributed by atoms with van der Waals surface area (Å²) >= 11 is 0. The maximum absolute atomic E-state index is 12.1. The molecule has 0 spiro atoms. The van der Waals surface area contributed by atoms with Crippen molar-refractivity contribution in [1.82, 2.24) is 4.72 Å². The molecule has 2 aromatic carbocycles. The predicted octanol–water partition coefficient (Wildman–Crippen LogP) is 3.51. The zero-order chi connectivity index (χ0) is 15.8. The summed E-state index contributed by atoms with van der Waals surface area (Å²) in [4.78, 5) is 24.2. The monoisotopic (exact) mass is 312 g/mol. The van der Waals surface area contributed by atoms with Crippen LogP contribution in [0.25, 0.3) is 0 Å². The van der Waals surface area contributed by atoms with E-state index in [9.17, 15) is 9.59 Å². The number of amides is 2. The Hall–Kier alpha value is -2.53. The molecule has 0 fully saturated rings. The van der Waals surface area contributed by atoms with Gasteiger partial charge >= 0.3 is 0 Å². The van der Waals surface area contributed by atoms with Crippen molar-refractivity contribution in [2.75, 3.05) is 0 Å². The Balaban J connectivity index is 2.18. The lowest BCUT2D eigenvalue weighted by Gasteiger charge is -2.06. The second-order valence-electron chi connectivity index (χ2n) is 4.34. The van der Waals surface area contributed by atoms with E-state index < -0.39 is 10.9 Å². The Morgan fingerprint density at radius 2 is 1.50 bits per heavy atom. The van der Waals surface area contributed by atoms with Crippen molar-refractivity contribution < 1.29 is 9.59 Å². The van der Waals surface area contributed by atoms with E-state index in [-0.39, 0.29) is 11.8 Å². The molecule has 22 heavy (non-hydrogen) atoms. The van der Waals surface area contributed by atoms with Gasteiger partial charge in [-0.15, -0.1) is 0 Å². The molecule has 1 N–H and O–H groups in total. The van der Waals surface area contributed by atoms with Crippen LogP contribution in [0.1, 0.15) is 27.6 Å². The normalized spacial score (nSPS) is 12.2. The van der Waals surface area contributed by atoms with Crippen LogP contribution in [0.15, 0.2) is 76.5 Å². The molecule has 4 nitrogen and oxygen atoms in total. The maximum atomic E-state index is 12.1. The van der Waals surface area contributed by atoms with E-state index in [1.54, 1.807) is 60.0 Å². The third kappa shape index (κ3) is 4.49. The van der Waals surface area contributed by atoms with E-state index >= 15 is 0 Å². The summed E-state index contributed by atoms with van der Waals surface area (Å²) in [6.07, 6.45) is 1.76. The van der Waals surface area contributed by atoms with Gasteiger partial charge in [0, 0.05) is 22.0 Å². The van der Waals surface area contributed by atoms with Crippen LogP contribution in [0.4, 0.5) is 0 Å². The maximum Gasteiger partial charge on any atom is 0.284 e. The molecule has 1 atom stereocenters. The summed E-state index contributed by atoms with van der Waals surface area (Å²) in [5, 5.41) is 1.70. The van der Waals surface area contributed by atoms with E-state index in [0.717, 1.165) is 0 Å². The van der Waals surface area contributed by atoms with Gasteiger partial charge < -0.3 is 0 Å². The molecule has 5 heteroatoms. The molecular weight excluding hydrogens is 296 g/mol. The molecule has 0 saturated heterocycles. The number of rotatable bonds is 4. The highest BCUT2D eigenvalue weighted by atomic mass is 32.2. The fourth-order valence-corrected chi connectivity index (χ4v) is 2.71. The van der Waals surface area contributed by atoms with Gasteiger partial charge in [0.2, 0.25) is 0 Å². The number of hydrogen-bond donors (Lipinski definition) is 1. The van der Waals surface area contributed by atoms with Crippen LogP contribution >= 0.6 is 0 Å².